The van der Waals surface area contributed by atoms with Crippen LogP contribution in [0.3, 0.4) is 0 Å². The highest BCUT2D eigenvalue weighted by molar-refractivity contribution is 5.90. The van der Waals surface area contributed by atoms with Gasteiger partial charge in [-0.1, -0.05) is 38.0 Å². The number of rotatable bonds is 4. The van der Waals surface area contributed by atoms with Gasteiger partial charge in [-0.25, -0.2) is 4.79 Å². The Bertz CT molecular complexity index is 448. The molecule has 1 aliphatic rings. The maximum atomic E-state index is 12.1. The van der Waals surface area contributed by atoms with E-state index in [-0.39, 0.29) is 6.03 Å². The molecule has 110 valence electrons. The highest BCUT2D eigenvalue weighted by atomic mass is 16.5. The lowest BCUT2D eigenvalue weighted by atomic mass is 9.87. The summed E-state index contributed by atoms with van der Waals surface area (Å²) in [7, 11) is 1.65. The van der Waals surface area contributed by atoms with Crippen molar-refractivity contribution in [1.82, 2.24) is 5.32 Å². The van der Waals surface area contributed by atoms with E-state index in [0.29, 0.717) is 18.6 Å². The van der Waals surface area contributed by atoms with Gasteiger partial charge in [0, 0.05) is 24.4 Å². The van der Waals surface area contributed by atoms with Crippen LogP contribution in [0.5, 0.6) is 0 Å². The molecule has 4 nitrogen and oxygen atoms in total. The molecule has 2 N–H and O–H groups in total. The van der Waals surface area contributed by atoms with Crippen LogP contribution in [0.2, 0.25) is 0 Å². The van der Waals surface area contributed by atoms with E-state index >= 15 is 0 Å². The van der Waals surface area contributed by atoms with Crippen molar-refractivity contribution in [3.05, 3.63) is 29.8 Å². The molecule has 2 atom stereocenters. The Morgan fingerprint density at radius 1 is 1.35 bits per heavy atom. The van der Waals surface area contributed by atoms with Gasteiger partial charge in [0.1, 0.15) is 0 Å². The smallest absolute Gasteiger partial charge is 0.319 e. The number of urea groups is 1. The molecule has 0 spiro atoms. The molecular weight excluding hydrogens is 252 g/mol. The minimum atomic E-state index is -0.118. The van der Waals surface area contributed by atoms with E-state index < -0.39 is 0 Å². The van der Waals surface area contributed by atoms with E-state index in [2.05, 4.69) is 17.6 Å². The molecule has 2 unspecified atom stereocenters. The molecule has 0 bridgehead atoms. The second-order valence-electron chi connectivity index (χ2n) is 5.66. The predicted octanol–water partition coefficient (Wildman–Crippen LogP) is 3.53. The van der Waals surface area contributed by atoms with E-state index in [1.54, 1.807) is 7.11 Å². The van der Waals surface area contributed by atoms with Crippen molar-refractivity contribution < 1.29 is 9.53 Å². The fourth-order valence-electron chi connectivity index (χ4n) is 2.83. The van der Waals surface area contributed by atoms with E-state index in [9.17, 15) is 4.79 Å². The number of amides is 2. The SMILES string of the molecule is COCc1ccccc1NC(=O)NC1CCCC(C)C1. The van der Waals surface area contributed by atoms with Crippen LogP contribution in [-0.4, -0.2) is 19.2 Å². The highest BCUT2D eigenvalue weighted by Gasteiger charge is 2.20. The van der Waals surface area contributed by atoms with E-state index in [0.717, 1.165) is 24.1 Å². The Morgan fingerprint density at radius 3 is 2.90 bits per heavy atom. The van der Waals surface area contributed by atoms with Crippen LogP contribution >= 0.6 is 0 Å². The van der Waals surface area contributed by atoms with Crippen LogP contribution in [0.4, 0.5) is 10.5 Å². The molecule has 20 heavy (non-hydrogen) atoms. The Labute approximate surface area is 120 Å². The van der Waals surface area contributed by atoms with Crippen LogP contribution in [0.1, 0.15) is 38.2 Å². The Morgan fingerprint density at radius 2 is 2.15 bits per heavy atom. The number of ether oxygens (including phenoxy) is 1. The summed E-state index contributed by atoms with van der Waals surface area (Å²) >= 11 is 0. The monoisotopic (exact) mass is 276 g/mol. The number of hydrogen-bond donors (Lipinski definition) is 2. The molecule has 0 aromatic heterocycles. The number of methoxy groups -OCH3 is 1. The molecule has 0 aliphatic heterocycles. The third kappa shape index (κ3) is 4.23. The zero-order chi connectivity index (χ0) is 14.4. The first kappa shape index (κ1) is 14.9. The number of anilines is 1. The molecule has 1 fully saturated rings. The van der Waals surface area contributed by atoms with Crippen molar-refractivity contribution in [3.63, 3.8) is 0 Å². The van der Waals surface area contributed by atoms with Crippen molar-refractivity contribution in [2.45, 2.75) is 45.3 Å². The first-order valence-electron chi connectivity index (χ1n) is 7.33. The van der Waals surface area contributed by atoms with Gasteiger partial charge in [-0.15, -0.1) is 0 Å². The normalized spacial score (nSPS) is 22.3. The molecule has 4 heteroatoms. The quantitative estimate of drug-likeness (QED) is 0.883. The number of carbonyl (C=O) groups is 1. The van der Waals surface area contributed by atoms with Crippen molar-refractivity contribution in [2.75, 3.05) is 12.4 Å². The standard InChI is InChI=1S/C16H24N2O2/c1-12-6-5-8-14(10-12)17-16(19)18-15-9-4-3-7-13(15)11-20-2/h3-4,7,9,12,14H,5-6,8,10-11H2,1-2H3,(H2,17,18,19). The van der Waals surface area contributed by atoms with Gasteiger partial charge in [-0.05, 0) is 24.8 Å². The van der Waals surface area contributed by atoms with Gasteiger partial charge < -0.3 is 15.4 Å². The lowest BCUT2D eigenvalue weighted by Crippen LogP contribution is -2.40. The third-order valence-corrected chi connectivity index (χ3v) is 3.84. The number of nitrogens with one attached hydrogen (secondary N) is 2. The van der Waals surface area contributed by atoms with Crippen molar-refractivity contribution in [1.29, 1.82) is 0 Å². The molecular formula is C16H24N2O2. The summed E-state index contributed by atoms with van der Waals surface area (Å²) in [4.78, 5) is 12.1. The topological polar surface area (TPSA) is 50.4 Å². The van der Waals surface area contributed by atoms with Crippen LogP contribution in [-0.2, 0) is 11.3 Å². The van der Waals surface area contributed by atoms with Gasteiger partial charge in [0.15, 0.2) is 0 Å². The maximum Gasteiger partial charge on any atom is 0.319 e. The summed E-state index contributed by atoms with van der Waals surface area (Å²) < 4.78 is 5.14. The molecule has 2 amide bonds. The first-order valence-corrected chi connectivity index (χ1v) is 7.33. The van der Waals surface area contributed by atoms with Gasteiger partial charge in [0.2, 0.25) is 0 Å². The van der Waals surface area contributed by atoms with Crippen LogP contribution < -0.4 is 10.6 Å². The molecule has 1 aromatic carbocycles. The predicted molar refractivity (Wildman–Crippen MR) is 80.7 cm³/mol. The van der Waals surface area contributed by atoms with Gasteiger partial charge in [-0.3, -0.25) is 0 Å². The van der Waals surface area contributed by atoms with Crippen molar-refractivity contribution in [3.8, 4) is 0 Å². The average molecular weight is 276 g/mol. The Hall–Kier alpha value is -1.55. The molecule has 2 rings (SSSR count). The highest BCUT2D eigenvalue weighted by Crippen LogP contribution is 2.23. The molecule has 1 saturated carbocycles. The number of para-hydroxylation sites is 1. The number of hydrogen-bond acceptors (Lipinski definition) is 2. The lowest BCUT2D eigenvalue weighted by Gasteiger charge is -2.27. The largest absolute Gasteiger partial charge is 0.380 e. The fourth-order valence-corrected chi connectivity index (χ4v) is 2.83. The van der Waals surface area contributed by atoms with Crippen LogP contribution in [0.25, 0.3) is 0 Å². The third-order valence-electron chi connectivity index (χ3n) is 3.84. The summed E-state index contributed by atoms with van der Waals surface area (Å²) in [6.45, 7) is 2.75. The zero-order valence-electron chi connectivity index (χ0n) is 12.3. The molecule has 0 saturated heterocycles. The summed E-state index contributed by atoms with van der Waals surface area (Å²) in [5.74, 6) is 0.704. The average Bonchev–Trinajstić information content (AvgIpc) is 2.41. The van der Waals surface area contributed by atoms with Crippen molar-refractivity contribution >= 4 is 11.7 Å². The molecule has 1 aliphatic carbocycles. The number of carbonyl (C=O) groups excluding carboxylic acids is 1. The molecule has 0 radical (unpaired) electrons. The Balaban J connectivity index is 1.91. The van der Waals surface area contributed by atoms with Crippen molar-refractivity contribution in [2.24, 2.45) is 5.92 Å². The van der Waals surface area contributed by atoms with Crippen LogP contribution in [0.15, 0.2) is 24.3 Å². The van der Waals surface area contributed by atoms with Gasteiger partial charge in [0.25, 0.3) is 0 Å². The fraction of sp³-hybridized carbons (Fsp3) is 0.562. The minimum Gasteiger partial charge on any atom is -0.380 e. The maximum absolute atomic E-state index is 12.1. The van der Waals surface area contributed by atoms with E-state index in [1.807, 2.05) is 24.3 Å². The van der Waals surface area contributed by atoms with Crippen LogP contribution in [0, 0.1) is 5.92 Å². The summed E-state index contributed by atoms with van der Waals surface area (Å²) in [5, 5.41) is 6.00. The number of benzene rings is 1. The van der Waals surface area contributed by atoms with Gasteiger partial charge >= 0.3 is 6.03 Å². The molecule has 1 aromatic rings. The second-order valence-corrected chi connectivity index (χ2v) is 5.66. The van der Waals surface area contributed by atoms with E-state index in [1.165, 1.54) is 12.8 Å². The van der Waals surface area contributed by atoms with E-state index in [4.69, 9.17) is 4.74 Å². The first-order chi connectivity index (χ1) is 9.69. The van der Waals surface area contributed by atoms with Gasteiger partial charge in [0.05, 0.1) is 6.61 Å². The minimum absolute atomic E-state index is 0.118. The summed E-state index contributed by atoms with van der Waals surface area (Å²) in [6.07, 6.45) is 4.63. The Kier molecular flexibility index (Phi) is 5.41. The second kappa shape index (κ2) is 7.29. The zero-order valence-corrected chi connectivity index (χ0v) is 12.3. The molecule has 0 heterocycles. The van der Waals surface area contributed by atoms with Gasteiger partial charge in [-0.2, -0.15) is 0 Å². The summed E-state index contributed by atoms with van der Waals surface area (Å²) in [5.41, 5.74) is 1.80. The summed E-state index contributed by atoms with van der Waals surface area (Å²) in [6, 6.07) is 7.90. The lowest BCUT2D eigenvalue weighted by molar-refractivity contribution is 0.185.